The second-order valence-electron chi connectivity index (χ2n) is 6.29. The lowest BCUT2D eigenvalue weighted by atomic mass is 9.88. The molecule has 0 unspecified atom stereocenters. The number of benzene rings is 4. The van der Waals surface area contributed by atoms with Crippen LogP contribution < -0.4 is 0 Å². The summed E-state index contributed by atoms with van der Waals surface area (Å²) in [7, 11) is 0. The van der Waals surface area contributed by atoms with Crippen LogP contribution in [0.5, 0.6) is 0 Å². The van der Waals surface area contributed by atoms with Crippen molar-refractivity contribution in [2.75, 3.05) is 0 Å². The fourth-order valence-electron chi connectivity index (χ4n) is 3.56. The fourth-order valence-corrected chi connectivity index (χ4v) is 3.56. The summed E-state index contributed by atoms with van der Waals surface area (Å²) in [5, 5.41) is 4.24. The Balaban J connectivity index is 2.12. The Morgan fingerprint density at radius 1 is 0.625 bits per heavy atom. The number of rotatable bonds is 2. The first-order chi connectivity index (χ1) is 11.7. The number of carbonyl (C=O) groups excluding carboxylic acids is 1. The van der Waals surface area contributed by atoms with Gasteiger partial charge < -0.3 is 0 Å². The van der Waals surface area contributed by atoms with Gasteiger partial charge in [-0.3, -0.25) is 4.79 Å². The highest BCUT2D eigenvalue weighted by atomic mass is 16.1. The molecule has 0 aliphatic rings. The molecule has 1 nitrogen and oxygen atoms in total. The summed E-state index contributed by atoms with van der Waals surface area (Å²) in [5.41, 5.74) is 3.68. The van der Waals surface area contributed by atoms with Gasteiger partial charge >= 0.3 is 0 Å². The molecule has 1 heteroatoms. The van der Waals surface area contributed by atoms with Crippen LogP contribution in [0.4, 0.5) is 0 Å². The predicted molar refractivity (Wildman–Crippen MR) is 101 cm³/mol. The molecular weight excluding hydrogens is 292 g/mol. The van der Waals surface area contributed by atoms with Crippen molar-refractivity contribution >= 4 is 27.3 Å². The summed E-state index contributed by atoms with van der Waals surface area (Å²) in [6, 6.07) is 24.4. The second-order valence-corrected chi connectivity index (χ2v) is 6.29. The molecule has 0 aromatic heterocycles. The van der Waals surface area contributed by atoms with Crippen LogP contribution >= 0.6 is 0 Å². The van der Waals surface area contributed by atoms with Gasteiger partial charge in [-0.25, -0.2) is 0 Å². The summed E-state index contributed by atoms with van der Waals surface area (Å²) >= 11 is 0. The third-order valence-electron chi connectivity index (χ3n) is 4.71. The van der Waals surface area contributed by atoms with Gasteiger partial charge in [-0.05, 0) is 52.6 Å². The van der Waals surface area contributed by atoms with Crippen molar-refractivity contribution in [3.63, 3.8) is 0 Å². The Kier molecular flexibility index (Phi) is 3.42. The summed E-state index contributed by atoms with van der Waals surface area (Å²) in [4.78, 5) is 13.5. The van der Waals surface area contributed by atoms with Crippen LogP contribution in [-0.2, 0) is 0 Å². The molecule has 0 saturated carbocycles. The highest BCUT2D eigenvalue weighted by Gasteiger charge is 2.19. The molecule has 24 heavy (non-hydrogen) atoms. The Labute approximate surface area is 141 Å². The monoisotopic (exact) mass is 310 g/mol. The van der Waals surface area contributed by atoms with Crippen molar-refractivity contribution in [3.8, 4) is 0 Å². The van der Waals surface area contributed by atoms with Gasteiger partial charge in [-0.1, -0.05) is 66.7 Å². The van der Waals surface area contributed by atoms with E-state index in [1.54, 1.807) is 0 Å². The van der Waals surface area contributed by atoms with Crippen LogP contribution in [0.15, 0.2) is 72.8 Å². The van der Waals surface area contributed by atoms with Gasteiger partial charge in [-0.15, -0.1) is 0 Å². The Morgan fingerprint density at radius 3 is 1.67 bits per heavy atom. The molecule has 0 fully saturated rings. The van der Waals surface area contributed by atoms with Gasteiger partial charge in [0.05, 0.1) is 0 Å². The minimum atomic E-state index is 0.110. The SMILES string of the molecule is Cc1cccc(C)c1C(=O)c1c2ccccc2cc2ccccc12. The summed E-state index contributed by atoms with van der Waals surface area (Å²) in [6.07, 6.45) is 0. The van der Waals surface area contributed by atoms with E-state index in [1.165, 1.54) is 0 Å². The normalized spacial score (nSPS) is 11.1. The van der Waals surface area contributed by atoms with Crippen molar-refractivity contribution in [1.82, 2.24) is 0 Å². The van der Waals surface area contributed by atoms with Crippen molar-refractivity contribution in [1.29, 1.82) is 0 Å². The number of aryl methyl sites for hydroxylation is 2. The van der Waals surface area contributed by atoms with Crippen LogP contribution in [0.25, 0.3) is 21.5 Å². The zero-order valence-corrected chi connectivity index (χ0v) is 13.8. The maximum atomic E-state index is 13.5. The average Bonchev–Trinajstić information content (AvgIpc) is 2.59. The molecule has 0 amide bonds. The smallest absolute Gasteiger partial charge is 0.194 e. The van der Waals surface area contributed by atoms with Crippen molar-refractivity contribution in [2.45, 2.75) is 13.8 Å². The summed E-state index contributed by atoms with van der Waals surface area (Å²) in [5.74, 6) is 0.110. The van der Waals surface area contributed by atoms with Crippen molar-refractivity contribution < 1.29 is 4.79 Å². The number of carbonyl (C=O) groups is 1. The molecule has 4 rings (SSSR count). The third kappa shape index (κ3) is 2.21. The standard InChI is InChI=1S/C23H18O/c1-15-8-7-9-16(2)21(15)23(24)22-19-12-5-3-10-17(19)14-18-11-4-6-13-20(18)22/h3-14H,1-2H3. The van der Waals surface area contributed by atoms with Crippen LogP contribution in [0.3, 0.4) is 0 Å². The van der Waals surface area contributed by atoms with Gasteiger partial charge in [0.1, 0.15) is 0 Å². The summed E-state index contributed by atoms with van der Waals surface area (Å²) < 4.78 is 0. The van der Waals surface area contributed by atoms with Crippen LogP contribution in [0.1, 0.15) is 27.0 Å². The van der Waals surface area contributed by atoms with E-state index >= 15 is 0 Å². The number of hydrogen-bond donors (Lipinski definition) is 0. The van der Waals surface area contributed by atoms with Gasteiger partial charge in [0.2, 0.25) is 0 Å². The number of fused-ring (bicyclic) bond motifs is 2. The van der Waals surface area contributed by atoms with Gasteiger partial charge in [0.15, 0.2) is 5.78 Å². The topological polar surface area (TPSA) is 17.1 Å². The molecule has 0 aliphatic carbocycles. The Bertz CT molecular complexity index is 1020. The van der Waals surface area contributed by atoms with Gasteiger partial charge in [0.25, 0.3) is 0 Å². The first-order valence-electron chi connectivity index (χ1n) is 8.18. The zero-order chi connectivity index (χ0) is 16.7. The molecule has 4 aromatic carbocycles. The minimum absolute atomic E-state index is 0.110. The molecule has 0 aliphatic heterocycles. The van der Waals surface area contributed by atoms with E-state index < -0.39 is 0 Å². The van der Waals surface area contributed by atoms with E-state index in [9.17, 15) is 4.79 Å². The lowest BCUT2D eigenvalue weighted by molar-refractivity contribution is 0.104. The Hall–Kier alpha value is -2.93. The molecule has 0 saturated heterocycles. The third-order valence-corrected chi connectivity index (χ3v) is 4.71. The average molecular weight is 310 g/mol. The highest BCUT2D eigenvalue weighted by molar-refractivity contribution is 6.25. The molecule has 0 spiro atoms. The highest BCUT2D eigenvalue weighted by Crippen LogP contribution is 2.31. The van der Waals surface area contributed by atoms with Crippen molar-refractivity contribution in [3.05, 3.63) is 95.1 Å². The van der Waals surface area contributed by atoms with Crippen LogP contribution in [-0.4, -0.2) is 5.78 Å². The molecule has 0 atom stereocenters. The summed E-state index contributed by atoms with van der Waals surface area (Å²) in [6.45, 7) is 4.01. The van der Waals surface area contributed by atoms with Gasteiger partial charge in [0, 0.05) is 11.1 Å². The lowest BCUT2D eigenvalue weighted by Gasteiger charge is -2.14. The van der Waals surface area contributed by atoms with Crippen molar-refractivity contribution in [2.24, 2.45) is 0 Å². The maximum Gasteiger partial charge on any atom is 0.194 e. The molecule has 116 valence electrons. The number of hydrogen-bond acceptors (Lipinski definition) is 1. The van der Waals surface area contributed by atoms with Gasteiger partial charge in [-0.2, -0.15) is 0 Å². The zero-order valence-electron chi connectivity index (χ0n) is 13.8. The van der Waals surface area contributed by atoms with E-state index in [-0.39, 0.29) is 5.78 Å². The Morgan fingerprint density at radius 2 is 1.12 bits per heavy atom. The first kappa shape index (κ1) is 14.6. The minimum Gasteiger partial charge on any atom is -0.289 e. The quantitative estimate of drug-likeness (QED) is 0.336. The molecular formula is C23H18O. The van der Waals surface area contributed by atoms with E-state index in [2.05, 4.69) is 18.2 Å². The fraction of sp³-hybridized carbons (Fsp3) is 0.0870. The van der Waals surface area contributed by atoms with E-state index in [1.807, 2.05) is 68.4 Å². The largest absolute Gasteiger partial charge is 0.289 e. The second kappa shape index (κ2) is 5.61. The molecule has 0 N–H and O–H groups in total. The van der Waals surface area contributed by atoms with E-state index in [0.29, 0.717) is 0 Å². The van der Waals surface area contributed by atoms with E-state index in [4.69, 9.17) is 0 Å². The van der Waals surface area contributed by atoms with E-state index in [0.717, 1.165) is 43.8 Å². The first-order valence-corrected chi connectivity index (χ1v) is 8.18. The number of ketones is 1. The predicted octanol–water partition coefficient (Wildman–Crippen LogP) is 5.84. The molecule has 4 aromatic rings. The maximum absolute atomic E-state index is 13.5. The van der Waals surface area contributed by atoms with Crippen LogP contribution in [0, 0.1) is 13.8 Å². The molecule has 0 bridgehead atoms. The molecule has 0 radical (unpaired) electrons. The lowest BCUT2D eigenvalue weighted by Crippen LogP contribution is -2.07. The molecule has 0 heterocycles. The van der Waals surface area contributed by atoms with Crippen LogP contribution in [0.2, 0.25) is 0 Å².